The molecule has 0 spiro atoms. The summed E-state index contributed by atoms with van der Waals surface area (Å²) in [5, 5.41) is 0. The molecule has 112 valence electrons. The number of nitrogens with zero attached hydrogens (tertiary/aromatic N) is 4. The van der Waals surface area contributed by atoms with Crippen molar-refractivity contribution in [1.29, 1.82) is 0 Å². The highest BCUT2D eigenvalue weighted by molar-refractivity contribution is 6.08. The second-order valence-electron chi connectivity index (χ2n) is 5.70. The molecule has 2 heterocycles. The van der Waals surface area contributed by atoms with Gasteiger partial charge in [-0.15, -0.1) is 0 Å². The highest BCUT2D eigenvalue weighted by atomic mass is 15.1. The minimum absolute atomic E-state index is 0.0796. The highest BCUT2D eigenvalue weighted by Gasteiger charge is 2.25. The summed E-state index contributed by atoms with van der Waals surface area (Å²) in [6.07, 6.45) is 8.30. The van der Waals surface area contributed by atoms with Gasteiger partial charge in [0, 0.05) is 18.8 Å². The number of aromatic nitrogens is 3. The maximum Gasteiger partial charge on any atom is 0.236 e. The van der Waals surface area contributed by atoms with Crippen LogP contribution in [0.4, 0.5) is 0 Å². The molecule has 0 bridgehead atoms. The van der Waals surface area contributed by atoms with E-state index in [4.69, 9.17) is 16.0 Å². The lowest BCUT2D eigenvalue weighted by Crippen LogP contribution is -2.30. The Labute approximate surface area is 139 Å². The lowest BCUT2D eigenvalue weighted by Gasteiger charge is -2.32. The standard InChI is InChI=1S/C17H18B2N4/c1-3-13-14(4-2)23(19)16(21-13)11-22(18)15-9-5-7-12-8-6-10-20-17(12)15/h3-4,6,8,10,15H,1-2,5,7,9,11H2. The number of rotatable bonds is 5. The van der Waals surface area contributed by atoms with Crippen molar-refractivity contribution in [2.24, 2.45) is 0 Å². The largest absolute Gasteiger partial charge is 0.384 e. The highest BCUT2D eigenvalue weighted by Crippen LogP contribution is 2.32. The Hall–Kier alpha value is -2.07. The van der Waals surface area contributed by atoms with E-state index in [0.29, 0.717) is 18.1 Å². The molecule has 0 aromatic carbocycles. The minimum Gasteiger partial charge on any atom is -0.384 e. The van der Waals surface area contributed by atoms with Gasteiger partial charge in [-0.25, -0.2) is 4.98 Å². The summed E-state index contributed by atoms with van der Waals surface area (Å²) in [6, 6.07) is 4.18. The van der Waals surface area contributed by atoms with Gasteiger partial charge >= 0.3 is 0 Å². The molecule has 0 fully saturated rings. The monoisotopic (exact) mass is 300 g/mol. The van der Waals surface area contributed by atoms with E-state index in [1.54, 1.807) is 17.0 Å². The number of aryl methyl sites for hydroxylation is 1. The molecule has 1 atom stereocenters. The average Bonchev–Trinajstić information content (AvgIpc) is 2.89. The fourth-order valence-corrected chi connectivity index (χ4v) is 3.16. The summed E-state index contributed by atoms with van der Waals surface area (Å²) in [4.78, 5) is 10.8. The second kappa shape index (κ2) is 6.59. The molecule has 2 aromatic heterocycles. The first-order chi connectivity index (χ1) is 11.2. The summed E-state index contributed by atoms with van der Waals surface area (Å²) in [5.41, 5.74) is 3.79. The molecular weight excluding hydrogens is 282 g/mol. The van der Waals surface area contributed by atoms with Crippen molar-refractivity contribution < 1.29 is 0 Å². The zero-order valence-electron chi connectivity index (χ0n) is 13.2. The first kappa shape index (κ1) is 15.8. The molecule has 6 heteroatoms. The van der Waals surface area contributed by atoms with E-state index in [9.17, 15) is 0 Å². The van der Waals surface area contributed by atoms with Crippen molar-refractivity contribution in [3.63, 3.8) is 0 Å². The van der Waals surface area contributed by atoms with E-state index in [1.165, 1.54) is 10.0 Å². The topological polar surface area (TPSA) is 34.0 Å². The fourth-order valence-electron chi connectivity index (χ4n) is 3.16. The minimum atomic E-state index is 0.0796. The Balaban J connectivity index is 1.86. The van der Waals surface area contributed by atoms with Crippen molar-refractivity contribution in [2.75, 3.05) is 0 Å². The smallest absolute Gasteiger partial charge is 0.236 e. The fraction of sp³-hybridized carbons (Fsp3) is 0.294. The van der Waals surface area contributed by atoms with Crippen molar-refractivity contribution in [3.05, 3.63) is 60.0 Å². The van der Waals surface area contributed by atoms with Crippen LogP contribution in [0, 0.1) is 0 Å². The average molecular weight is 300 g/mol. The maximum absolute atomic E-state index is 6.34. The van der Waals surface area contributed by atoms with E-state index < -0.39 is 0 Å². The van der Waals surface area contributed by atoms with Crippen LogP contribution in [0.3, 0.4) is 0 Å². The van der Waals surface area contributed by atoms with Crippen LogP contribution in [0.2, 0.25) is 0 Å². The Morgan fingerprint density at radius 2 is 2.22 bits per heavy atom. The molecule has 3 rings (SSSR count). The summed E-state index contributed by atoms with van der Waals surface area (Å²) in [5.74, 6) is 0.681. The van der Waals surface area contributed by atoms with Crippen molar-refractivity contribution in [1.82, 2.24) is 19.3 Å². The van der Waals surface area contributed by atoms with Crippen LogP contribution in [-0.4, -0.2) is 35.2 Å². The van der Waals surface area contributed by atoms with Crippen LogP contribution in [0.15, 0.2) is 31.5 Å². The molecule has 0 aliphatic heterocycles. The summed E-state index contributed by atoms with van der Waals surface area (Å²) >= 11 is 0. The molecule has 1 unspecified atom stereocenters. The third-order valence-corrected chi connectivity index (χ3v) is 4.33. The van der Waals surface area contributed by atoms with Gasteiger partial charge < -0.3 is 9.29 Å². The molecule has 0 N–H and O–H groups in total. The van der Waals surface area contributed by atoms with Crippen LogP contribution < -0.4 is 0 Å². The summed E-state index contributed by atoms with van der Waals surface area (Å²) in [7, 11) is 12.4. The van der Waals surface area contributed by atoms with Gasteiger partial charge in [-0.2, -0.15) is 0 Å². The first-order valence-corrected chi connectivity index (χ1v) is 7.72. The van der Waals surface area contributed by atoms with Gasteiger partial charge in [0.05, 0.1) is 17.1 Å². The lowest BCUT2D eigenvalue weighted by atomic mass is 9.89. The normalized spacial score (nSPS) is 17.0. The molecule has 0 amide bonds. The van der Waals surface area contributed by atoms with Gasteiger partial charge in [0.1, 0.15) is 5.82 Å². The zero-order chi connectivity index (χ0) is 16.4. The van der Waals surface area contributed by atoms with E-state index in [2.05, 4.69) is 29.2 Å². The molecule has 4 radical (unpaired) electrons. The molecule has 0 saturated carbocycles. The summed E-state index contributed by atoms with van der Waals surface area (Å²) in [6.45, 7) is 7.96. The van der Waals surface area contributed by atoms with Gasteiger partial charge in [-0.05, 0) is 43.0 Å². The summed E-state index contributed by atoms with van der Waals surface area (Å²) < 4.78 is 1.52. The quantitative estimate of drug-likeness (QED) is 0.795. The molecule has 1 aliphatic rings. The predicted octanol–water partition coefficient (Wildman–Crippen LogP) is 2.46. The number of hydrogen-bond donors (Lipinski definition) is 0. The van der Waals surface area contributed by atoms with Crippen LogP contribution in [0.5, 0.6) is 0 Å². The Bertz CT molecular complexity index is 738. The van der Waals surface area contributed by atoms with Crippen molar-refractivity contribution >= 4 is 28.1 Å². The number of fused-ring (bicyclic) bond motifs is 1. The second-order valence-corrected chi connectivity index (χ2v) is 5.70. The number of pyridine rings is 1. The van der Waals surface area contributed by atoms with E-state index in [-0.39, 0.29) is 6.04 Å². The van der Waals surface area contributed by atoms with Crippen LogP contribution in [0.25, 0.3) is 12.2 Å². The van der Waals surface area contributed by atoms with Crippen LogP contribution >= 0.6 is 0 Å². The third-order valence-electron chi connectivity index (χ3n) is 4.33. The van der Waals surface area contributed by atoms with Gasteiger partial charge in [0.2, 0.25) is 7.98 Å². The Morgan fingerprint density at radius 3 is 2.91 bits per heavy atom. The third kappa shape index (κ3) is 2.91. The van der Waals surface area contributed by atoms with Gasteiger partial charge in [0.15, 0.2) is 7.98 Å². The Morgan fingerprint density at radius 1 is 1.39 bits per heavy atom. The van der Waals surface area contributed by atoms with Crippen LogP contribution in [0.1, 0.15) is 47.4 Å². The van der Waals surface area contributed by atoms with Crippen molar-refractivity contribution in [3.8, 4) is 0 Å². The zero-order valence-corrected chi connectivity index (χ0v) is 13.2. The molecular formula is C17H18B2N4. The molecule has 0 saturated heterocycles. The predicted molar refractivity (Wildman–Crippen MR) is 94.8 cm³/mol. The SMILES string of the molecule is [B]N(Cc1nc(C=C)c(C=C)n1[B])C1CCCc2cccnc21. The van der Waals surface area contributed by atoms with Gasteiger partial charge in [-0.3, -0.25) is 4.98 Å². The van der Waals surface area contributed by atoms with E-state index in [1.807, 2.05) is 12.3 Å². The van der Waals surface area contributed by atoms with Gasteiger partial charge in [-0.1, -0.05) is 19.2 Å². The lowest BCUT2D eigenvalue weighted by molar-refractivity contribution is 0.289. The van der Waals surface area contributed by atoms with E-state index >= 15 is 0 Å². The maximum atomic E-state index is 6.34. The number of hydrogen-bond acceptors (Lipinski definition) is 3. The molecule has 1 aliphatic carbocycles. The van der Waals surface area contributed by atoms with Crippen LogP contribution in [-0.2, 0) is 13.0 Å². The Kier molecular flexibility index (Phi) is 4.53. The number of imidazole rings is 1. The van der Waals surface area contributed by atoms with E-state index in [0.717, 1.165) is 30.7 Å². The molecule has 23 heavy (non-hydrogen) atoms. The van der Waals surface area contributed by atoms with Crippen molar-refractivity contribution in [2.45, 2.75) is 31.8 Å². The van der Waals surface area contributed by atoms with Gasteiger partial charge in [0.25, 0.3) is 0 Å². The molecule has 4 nitrogen and oxygen atoms in total. The molecule has 2 aromatic rings. The first-order valence-electron chi connectivity index (χ1n) is 7.72.